The van der Waals surface area contributed by atoms with Crippen LogP contribution in [0.5, 0.6) is 23.0 Å². The van der Waals surface area contributed by atoms with Gasteiger partial charge >= 0.3 is 24.4 Å². The van der Waals surface area contributed by atoms with Crippen LogP contribution >= 0.6 is 31.9 Å². The third-order valence-corrected chi connectivity index (χ3v) is 13.7. The summed E-state index contributed by atoms with van der Waals surface area (Å²) in [7, 11) is 0. The van der Waals surface area contributed by atoms with E-state index in [1.807, 2.05) is 12.1 Å². The number of fused-ring (bicyclic) bond motifs is 3. The highest BCUT2D eigenvalue weighted by Gasteiger charge is 2.42. The molecule has 0 saturated carbocycles. The molecule has 0 aromatic heterocycles. The van der Waals surface area contributed by atoms with Gasteiger partial charge < -0.3 is 69.8 Å². The number of amides is 6. The lowest BCUT2D eigenvalue weighted by Gasteiger charge is -2.33. The van der Waals surface area contributed by atoms with Crippen LogP contribution in [0.15, 0.2) is 81.7 Å². The summed E-state index contributed by atoms with van der Waals surface area (Å²) in [6.45, 7) is 24.4. The Hall–Kier alpha value is -6.94. The van der Waals surface area contributed by atoms with Crippen LogP contribution in [0, 0.1) is 0 Å². The molecular formula is C65H90Br2N6O14. The topological polar surface area (TPSA) is 248 Å². The van der Waals surface area contributed by atoms with E-state index in [1.54, 1.807) is 119 Å². The molecule has 0 aliphatic heterocycles. The van der Waals surface area contributed by atoms with Crippen molar-refractivity contribution in [1.82, 2.24) is 31.9 Å². The Labute approximate surface area is 529 Å². The molecule has 6 amide bonds. The number of hydrogen-bond acceptors (Lipinski definition) is 14. The molecule has 6 N–H and O–H groups in total. The summed E-state index contributed by atoms with van der Waals surface area (Å²) in [6.07, 6.45) is 2.27. The summed E-state index contributed by atoms with van der Waals surface area (Å²) in [5.41, 5.74) is 2.14. The van der Waals surface area contributed by atoms with Crippen molar-refractivity contribution >= 4 is 68.0 Å². The monoisotopic (exact) mass is 1340 g/mol. The van der Waals surface area contributed by atoms with Crippen molar-refractivity contribution in [3.63, 3.8) is 0 Å². The standard InChI is InChI=1S/C65H90Br2N6O14/c1-61(2,3)84-57(76)70-27-15-31-80-47-35-43(36-48(41-47)81-32-16-28-71-58(77)85-62(4,5)6)55(74)68-25-13-23-65(53-39-45(66)19-21-51(53)52-22-20-46(67)40-54(52)65)24-14-26-69-56(75)44-37-49(82-33-17-29-72-59(78)86-63(7,8)9)42-50(38-44)83-34-18-30-73-60(79)87-64(10,11)12/h19-22,35-42H,13-18,23-34H2,1-12H3,(H,68,74)(H,69,75)(H,70,76)(H,71,77)(H,72,78)(H,73,79). The molecule has 478 valence electrons. The maximum Gasteiger partial charge on any atom is 0.407 e. The number of carbonyl (C=O) groups excluding carboxylic acids is 6. The van der Waals surface area contributed by atoms with E-state index in [4.69, 9.17) is 37.9 Å². The zero-order valence-corrected chi connectivity index (χ0v) is 55.8. The summed E-state index contributed by atoms with van der Waals surface area (Å²) in [6, 6.07) is 22.7. The van der Waals surface area contributed by atoms with Gasteiger partial charge in [-0.3, -0.25) is 9.59 Å². The van der Waals surface area contributed by atoms with E-state index >= 15 is 0 Å². The Kier molecular flexibility index (Phi) is 26.8. The van der Waals surface area contributed by atoms with Crippen molar-refractivity contribution in [2.45, 2.75) is 162 Å². The number of halogens is 2. The lowest BCUT2D eigenvalue weighted by atomic mass is 9.71. The smallest absolute Gasteiger partial charge is 0.407 e. The average molecular weight is 1340 g/mol. The number of hydrogen-bond donors (Lipinski definition) is 6. The molecule has 1 aliphatic carbocycles. The number of rotatable bonds is 30. The molecule has 20 nitrogen and oxygen atoms in total. The van der Waals surface area contributed by atoms with Crippen LogP contribution in [-0.4, -0.2) is 124 Å². The second-order valence-electron chi connectivity index (χ2n) is 25.1. The first-order valence-electron chi connectivity index (χ1n) is 29.7. The summed E-state index contributed by atoms with van der Waals surface area (Å²) in [5, 5.41) is 17.2. The van der Waals surface area contributed by atoms with Crippen LogP contribution in [0.1, 0.15) is 166 Å². The Morgan fingerprint density at radius 3 is 0.897 bits per heavy atom. The minimum Gasteiger partial charge on any atom is -0.493 e. The second-order valence-corrected chi connectivity index (χ2v) is 26.9. The van der Waals surface area contributed by atoms with E-state index in [1.165, 1.54) is 0 Å². The zero-order chi connectivity index (χ0) is 64.0. The van der Waals surface area contributed by atoms with Crippen LogP contribution in [-0.2, 0) is 24.4 Å². The molecule has 5 rings (SSSR count). The first-order valence-corrected chi connectivity index (χ1v) is 31.3. The number of alkyl carbamates (subject to hydrolysis) is 4. The van der Waals surface area contributed by atoms with Crippen LogP contribution in [0.3, 0.4) is 0 Å². The van der Waals surface area contributed by atoms with E-state index in [0.717, 1.165) is 31.2 Å². The van der Waals surface area contributed by atoms with Gasteiger partial charge in [0.25, 0.3) is 11.8 Å². The van der Waals surface area contributed by atoms with Gasteiger partial charge in [-0.05, 0) is 205 Å². The van der Waals surface area contributed by atoms with Gasteiger partial charge in [-0.2, -0.15) is 0 Å². The molecule has 0 bridgehead atoms. The predicted molar refractivity (Wildman–Crippen MR) is 341 cm³/mol. The molecular weight excluding hydrogens is 1250 g/mol. The highest BCUT2D eigenvalue weighted by molar-refractivity contribution is 9.10. The van der Waals surface area contributed by atoms with Crippen molar-refractivity contribution in [2.75, 3.05) is 65.7 Å². The predicted octanol–water partition coefficient (Wildman–Crippen LogP) is 13.1. The largest absolute Gasteiger partial charge is 0.493 e. The molecule has 22 heteroatoms. The second kappa shape index (κ2) is 32.9. The van der Waals surface area contributed by atoms with Crippen LogP contribution in [0.25, 0.3) is 11.1 Å². The van der Waals surface area contributed by atoms with Crippen LogP contribution in [0.4, 0.5) is 19.2 Å². The Morgan fingerprint density at radius 2 is 0.632 bits per heavy atom. The summed E-state index contributed by atoms with van der Waals surface area (Å²) in [5.74, 6) is 0.960. The number of ether oxygens (including phenoxy) is 8. The number of nitrogens with one attached hydrogen (secondary N) is 6. The van der Waals surface area contributed by atoms with Gasteiger partial charge in [0.15, 0.2) is 0 Å². The fraction of sp³-hybridized carbons (Fsp3) is 0.538. The molecule has 0 unspecified atom stereocenters. The molecule has 0 heterocycles. The van der Waals surface area contributed by atoms with Gasteiger partial charge in [0.05, 0.1) is 26.4 Å². The quantitative estimate of drug-likeness (QED) is 0.0210. The lowest BCUT2D eigenvalue weighted by molar-refractivity contribution is 0.0513. The van der Waals surface area contributed by atoms with Crippen molar-refractivity contribution in [3.05, 3.63) is 104 Å². The van der Waals surface area contributed by atoms with Crippen molar-refractivity contribution in [2.24, 2.45) is 0 Å². The Bertz CT molecular complexity index is 2660. The number of benzene rings is 4. The fourth-order valence-electron chi connectivity index (χ4n) is 9.30. The molecule has 0 atom stereocenters. The first-order chi connectivity index (χ1) is 40.9. The Balaban J connectivity index is 1.28. The van der Waals surface area contributed by atoms with E-state index in [-0.39, 0.29) is 38.2 Å². The van der Waals surface area contributed by atoms with Gasteiger partial charge in [-0.1, -0.05) is 44.0 Å². The van der Waals surface area contributed by atoms with Crippen LogP contribution in [0.2, 0.25) is 0 Å². The molecule has 87 heavy (non-hydrogen) atoms. The third kappa shape index (κ3) is 25.7. The maximum atomic E-state index is 14.1. The normalized spacial score (nSPS) is 12.5. The van der Waals surface area contributed by atoms with Gasteiger partial charge in [-0.25, -0.2) is 19.2 Å². The maximum absolute atomic E-state index is 14.1. The highest BCUT2D eigenvalue weighted by atomic mass is 79.9. The highest BCUT2D eigenvalue weighted by Crippen LogP contribution is 2.55. The molecule has 1 aliphatic rings. The van der Waals surface area contributed by atoms with Crippen molar-refractivity contribution < 1.29 is 66.7 Å². The third-order valence-electron chi connectivity index (χ3n) is 12.7. The Morgan fingerprint density at radius 1 is 0.368 bits per heavy atom. The molecule has 0 radical (unpaired) electrons. The average Bonchev–Trinajstić information content (AvgIpc) is 1.58. The van der Waals surface area contributed by atoms with Crippen LogP contribution < -0.4 is 50.8 Å². The van der Waals surface area contributed by atoms with Gasteiger partial charge in [-0.15, -0.1) is 0 Å². The van der Waals surface area contributed by atoms with E-state index in [2.05, 4.69) is 88.0 Å². The molecule has 4 aromatic rings. The lowest BCUT2D eigenvalue weighted by Crippen LogP contribution is -2.33. The molecule has 4 aromatic carbocycles. The molecule has 0 saturated heterocycles. The van der Waals surface area contributed by atoms with Gasteiger partial charge in [0.1, 0.15) is 45.4 Å². The SMILES string of the molecule is CC(C)(C)OC(=O)NCCCOc1cc(OCCCNC(=O)OC(C)(C)C)cc(C(=O)NCCCC2(CCCNC(=O)c3cc(OCCCNC(=O)OC(C)(C)C)cc(OCCCNC(=O)OC(C)(C)C)c3)c3cc(Br)ccc3-c3ccc(Br)cc32)c1. The summed E-state index contributed by atoms with van der Waals surface area (Å²) < 4.78 is 47.6. The van der Waals surface area contributed by atoms with E-state index in [0.29, 0.717) is 125 Å². The fourth-order valence-corrected chi connectivity index (χ4v) is 10.0. The first kappa shape index (κ1) is 70.8. The minimum atomic E-state index is -0.631. The van der Waals surface area contributed by atoms with Gasteiger partial charge in [0, 0.05) is 76.9 Å². The van der Waals surface area contributed by atoms with Crippen molar-refractivity contribution in [3.8, 4) is 34.1 Å². The summed E-state index contributed by atoms with van der Waals surface area (Å²) in [4.78, 5) is 77.0. The molecule has 0 spiro atoms. The summed E-state index contributed by atoms with van der Waals surface area (Å²) >= 11 is 7.51. The molecule has 0 fully saturated rings. The van der Waals surface area contributed by atoms with Gasteiger partial charge in [0.2, 0.25) is 0 Å². The van der Waals surface area contributed by atoms with E-state index < -0.39 is 52.2 Å². The van der Waals surface area contributed by atoms with E-state index in [9.17, 15) is 28.8 Å². The van der Waals surface area contributed by atoms with Crippen molar-refractivity contribution in [1.29, 1.82) is 0 Å². The number of carbonyl (C=O) groups is 6. The minimum absolute atomic E-state index is 0.234. The zero-order valence-electron chi connectivity index (χ0n) is 52.6.